The zero-order valence-electron chi connectivity index (χ0n) is 15.4. The first-order chi connectivity index (χ1) is 13.8. The van der Waals surface area contributed by atoms with Gasteiger partial charge in [-0.3, -0.25) is 0 Å². The van der Waals surface area contributed by atoms with Crippen molar-refractivity contribution in [2.24, 2.45) is 4.40 Å². The van der Waals surface area contributed by atoms with Gasteiger partial charge in [0.2, 0.25) is 0 Å². The Bertz CT molecular complexity index is 1120. The maximum Gasteiger partial charge on any atom is 0.256 e. The number of rotatable bonds is 3. The predicted molar refractivity (Wildman–Crippen MR) is 105 cm³/mol. The molecule has 2 aromatic carbocycles. The number of ether oxygens (including phenoxy) is 1. The lowest BCUT2D eigenvalue weighted by atomic mass is 9.84. The second kappa shape index (κ2) is 7.06. The summed E-state index contributed by atoms with van der Waals surface area (Å²) in [4.78, 5) is 1.83. The van der Waals surface area contributed by atoms with E-state index in [0.29, 0.717) is 36.6 Å². The molecular weight excluding hydrogens is 394 g/mol. The van der Waals surface area contributed by atoms with Crippen LogP contribution in [0.15, 0.2) is 46.9 Å². The van der Waals surface area contributed by atoms with Gasteiger partial charge in [-0.2, -0.15) is 5.26 Å². The Hall–Kier alpha value is -3.09. The van der Waals surface area contributed by atoms with Crippen LogP contribution in [0, 0.1) is 11.3 Å². The van der Waals surface area contributed by atoms with Crippen LogP contribution in [0.2, 0.25) is 0 Å². The summed E-state index contributed by atoms with van der Waals surface area (Å²) < 4.78 is 33.5. The monoisotopic (exact) mass is 413 g/mol. The van der Waals surface area contributed by atoms with Gasteiger partial charge in [0.1, 0.15) is 28.9 Å². The van der Waals surface area contributed by atoms with Crippen LogP contribution in [-0.4, -0.2) is 48.2 Å². The Morgan fingerprint density at radius 1 is 1.14 bits per heavy atom. The highest BCUT2D eigenvalue weighted by atomic mass is 32.2. The van der Waals surface area contributed by atoms with Gasteiger partial charge in [-0.1, -0.05) is 12.1 Å². The molecule has 0 bridgehead atoms. The molecule has 2 aliphatic rings. The normalized spacial score (nSPS) is 22.9. The molecule has 0 radical (unpaired) electrons. The standard InChI is InChI=1S/C20H19N3O5S/c21-13-14-2-5-17(12-18(14)24)28-16-6-3-15(4-7-16)20(25)8-1-9-23-10-11-29(26,27)22-19(20)23/h2-7,12,24-25H,1,8-11H2. The zero-order valence-corrected chi connectivity index (χ0v) is 16.3. The molecule has 2 N–H and O–H groups in total. The number of fused-ring (bicyclic) bond motifs is 1. The number of phenolic OH excluding ortho intramolecular Hbond substituents is 1. The maximum absolute atomic E-state index is 12.0. The molecule has 1 saturated heterocycles. The molecule has 0 saturated carbocycles. The van der Waals surface area contributed by atoms with Gasteiger partial charge < -0.3 is 19.8 Å². The highest BCUT2D eigenvalue weighted by Gasteiger charge is 2.44. The topological polar surface area (TPSA) is 123 Å². The summed E-state index contributed by atoms with van der Waals surface area (Å²) in [5.41, 5.74) is -0.787. The average molecular weight is 413 g/mol. The third-order valence-electron chi connectivity index (χ3n) is 5.14. The lowest BCUT2D eigenvalue weighted by molar-refractivity contribution is 0.0647. The minimum Gasteiger partial charge on any atom is -0.506 e. The highest BCUT2D eigenvalue weighted by Crippen LogP contribution is 2.37. The molecule has 1 unspecified atom stereocenters. The molecule has 150 valence electrons. The van der Waals surface area contributed by atoms with Crippen molar-refractivity contribution >= 4 is 15.9 Å². The van der Waals surface area contributed by atoms with Crippen LogP contribution >= 0.6 is 0 Å². The van der Waals surface area contributed by atoms with Crippen LogP contribution in [0.25, 0.3) is 0 Å². The molecule has 29 heavy (non-hydrogen) atoms. The van der Waals surface area contributed by atoms with E-state index in [1.165, 1.54) is 12.1 Å². The number of phenols is 1. The van der Waals surface area contributed by atoms with Crippen LogP contribution in [0.4, 0.5) is 0 Å². The van der Waals surface area contributed by atoms with Gasteiger partial charge in [-0.15, -0.1) is 4.40 Å². The first-order valence-electron chi connectivity index (χ1n) is 9.13. The van der Waals surface area contributed by atoms with Crippen molar-refractivity contribution in [3.8, 4) is 23.3 Å². The second-order valence-corrected chi connectivity index (χ2v) is 8.82. The highest BCUT2D eigenvalue weighted by molar-refractivity contribution is 7.90. The fourth-order valence-corrected chi connectivity index (χ4v) is 4.71. The Labute approximate surface area is 168 Å². The fourth-order valence-electron chi connectivity index (χ4n) is 3.64. The van der Waals surface area contributed by atoms with Gasteiger partial charge >= 0.3 is 0 Å². The lowest BCUT2D eigenvalue weighted by Crippen LogP contribution is -2.55. The molecule has 1 atom stereocenters. The van der Waals surface area contributed by atoms with Crippen molar-refractivity contribution in [1.82, 2.24) is 4.90 Å². The van der Waals surface area contributed by atoms with Crippen LogP contribution in [-0.2, 0) is 15.6 Å². The average Bonchev–Trinajstić information content (AvgIpc) is 2.69. The summed E-state index contributed by atoms with van der Waals surface area (Å²) in [5, 5.41) is 29.9. The fraction of sp³-hybridized carbons (Fsp3) is 0.300. The van der Waals surface area contributed by atoms with E-state index in [9.17, 15) is 18.6 Å². The first kappa shape index (κ1) is 19.2. The molecule has 0 aliphatic carbocycles. The molecule has 0 aromatic heterocycles. The van der Waals surface area contributed by atoms with E-state index in [0.717, 1.165) is 6.42 Å². The minimum absolute atomic E-state index is 0.0448. The van der Waals surface area contributed by atoms with E-state index in [-0.39, 0.29) is 22.9 Å². The van der Waals surface area contributed by atoms with E-state index in [1.807, 2.05) is 11.0 Å². The van der Waals surface area contributed by atoms with Crippen molar-refractivity contribution in [3.05, 3.63) is 53.6 Å². The molecule has 2 aromatic rings. The lowest BCUT2D eigenvalue weighted by Gasteiger charge is -2.43. The SMILES string of the molecule is N#Cc1ccc(Oc2ccc(C3(O)CCCN4CCS(=O)(=O)N=C43)cc2)cc1O. The first-order valence-corrected chi connectivity index (χ1v) is 10.7. The van der Waals surface area contributed by atoms with Crippen LogP contribution in [0.5, 0.6) is 17.2 Å². The van der Waals surface area contributed by atoms with E-state index in [4.69, 9.17) is 10.00 Å². The Morgan fingerprint density at radius 2 is 1.86 bits per heavy atom. The number of benzene rings is 2. The van der Waals surface area contributed by atoms with Gasteiger partial charge in [0, 0.05) is 19.2 Å². The maximum atomic E-state index is 12.0. The molecule has 4 rings (SSSR count). The van der Waals surface area contributed by atoms with Crippen molar-refractivity contribution < 1.29 is 23.4 Å². The number of nitriles is 1. The smallest absolute Gasteiger partial charge is 0.256 e. The Morgan fingerprint density at radius 3 is 2.55 bits per heavy atom. The summed E-state index contributed by atoms with van der Waals surface area (Å²) in [7, 11) is -3.58. The summed E-state index contributed by atoms with van der Waals surface area (Å²) >= 11 is 0. The summed E-state index contributed by atoms with van der Waals surface area (Å²) in [5.74, 6) is 0.791. The van der Waals surface area contributed by atoms with E-state index in [2.05, 4.69) is 4.40 Å². The third kappa shape index (κ3) is 3.64. The Kier molecular flexibility index (Phi) is 4.68. The molecule has 0 amide bonds. The molecule has 0 spiro atoms. The minimum atomic E-state index is -3.58. The summed E-state index contributed by atoms with van der Waals surface area (Å²) in [6, 6.07) is 12.9. The predicted octanol–water partition coefficient (Wildman–Crippen LogP) is 2.08. The second-order valence-electron chi connectivity index (χ2n) is 7.07. The van der Waals surface area contributed by atoms with Crippen LogP contribution in [0.1, 0.15) is 24.0 Å². The van der Waals surface area contributed by atoms with E-state index in [1.54, 1.807) is 30.3 Å². The number of hydrogen-bond donors (Lipinski definition) is 2. The van der Waals surface area contributed by atoms with Gasteiger partial charge in [-0.05, 0) is 42.7 Å². The number of sulfonamides is 1. The van der Waals surface area contributed by atoms with Crippen LogP contribution in [0.3, 0.4) is 0 Å². The molecule has 8 nitrogen and oxygen atoms in total. The number of aromatic hydroxyl groups is 1. The summed E-state index contributed by atoms with van der Waals surface area (Å²) in [6.45, 7) is 0.993. The van der Waals surface area contributed by atoms with Gasteiger partial charge in [-0.25, -0.2) is 8.42 Å². The molecule has 1 fully saturated rings. The number of nitrogens with zero attached hydrogens (tertiary/aromatic N) is 3. The third-order valence-corrected chi connectivity index (χ3v) is 6.29. The van der Waals surface area contributed by atoms with Gasteiger partial charge in [0.15, 0.2) is 5.84 Å². The number of piperidine rings is 1. The number of aliphatic hydroxyl groups is 1. The van der Waals surface area contributed by atoms with Crippen LogP contribution < -0.4 is 4.74 Å². The molecule has 9 heteroatoms. The van der Waals surface area contributed by atoms with Crippen molar-refractivity contribution in [2.75, 3.05) is 18.8 Å². The van der Waals surface area contributed by atoms with Gasteiger partial charge in [0.05, 0.1) is 11.3 Å². The molecular formula is C20H19N3O5S. The van der Waals surface area contributed by atoms with Crippen molar-refractivity contribution in [2.45, 2.75) is 18.4 Å². The molecule has 2 aliphatic heterocycles. The molecule has 2 heterocycles. The Balaban J connectivity index is 1.61. The van der Waals surface area contributed by atoms with Crippen molar-refractivity contribution in [3.63, 3.8) is 0 Å². The number of hydrogen-bond acceptors (Lipinski definition) is 7. The van der Waals surface area contributed by atoms with E-state index >= 15 is 0 Å². The number of amidine groups is 1. The van der Waals surface area contributed by atoms with Gasteiger partial charge in [0.25, 0.3) is 10.0 Å². The summed E-state index contributed by atoms with van der Waals surface area (Å²) in [6.07, 6.45) is 1.10. The zero-order chi connectivity index (χ0) is 20.6. The van der Waals surface area contributed by atoms with Crippen molar-refractivity contribution in [1.29, 1.82) is 5.26 Å². The largest absolute Gasteiger partial charge is 0.506 e. The van der Waals surface area contributed by atoms with E-state index < -0.39 is 15.6 Å². The quantitative estimate of drug-likeness (QED) is 0.790.